The summed E-state index contributed by atoms with van der Waals surface area (Å²) in [6, 6.07) is 2.35. The average Bonchev–Trinajstić information content (AvgIpc) is 2.48. The molecule has 2 heterocycles. The van der Waals surface area contributed by atoms with Gasteiger partial charge in [-0.05, 0) is 73.4 Å². The fraction of sp³-hybridized carbons (Fsp3) is 0.636. The number of nitrogens with zero attached hydrogens (tertiary/aromatic N) is 1. The Morgan fingerprint density at radius 1 is 1.43 bits per heavy atom. The van der Waals surface area contributed by atoms with Gasteiger partial charge in [-0.25, -0.2) is 0 Å². The van der Waals surface area contributed by atoms with Crippen LogP contribution < -0.4 is 0 Å². The number of hydrogen-bond donors (Lipinski definition) is 0. The Hall–Kier alpha value is 0.140. The van der Waals surface area contributed by atoms with Crippen LogP contribution in [0.15, 0.2) is 9.85 Å². The highest BCUT2D eigenvalue weighted by atomic mass is 79.9. The molecule has 0 N–H and O–H groups in total. The molecule has 0 radical (unpaired) electrons. The minimum Gasteiger partial charge on any atom is -0.306 e. The summed E-state index contributed by atoms with van der Waals surface area (Å²) < 4.78 is 1.31. The Balaban J connectivity index is 2.08. The van der Waals surface area contributed by atoms with E-state index >= 15 is 0 Å². The van der Waals surface area contributed by atoms with Gasteiger partial charge < -0.3 is 4.90 Å². The highest BCUT2D eigenvalue weighted by Crippen LogP contribution is 2.36. The van der Waals surface area contributed by atoms with Crippen LogP contribution in [-0.4, -0.2) is 25.0 Å². The van der Waals surface area contributed by atoms with Gasteiger partial charge in [0.2, 0.25) is 0 Å². The van der Waals surface area contributed by atoms with Gasteiger partial charge in [0.25, 0.3) is 0 Å². The van der Waals surface area contributed by atoms with Crippen molar-refractivity contribution in [2.24, 2.45) is 0 Å². The number of aryl methyl sites for hydroxylation is 1. The predicted molar refractivity (Wildman–Crippen MR) is 66.2 cm³/mol. The van der Waals surface area contributed by atoms with Gasteiger partial charge in [0.1, 0.15) is 0 Å². The zero-order valence-corrected chi connectivity index (χ0v) is 11.1. The molecule has 1 aliphatic rings. The summed E-state index contributed by atoms with van der Waals surface area (Å²) in [5, 5.41) is 0. The molecule has 0 aromatic carbocycles. The van der Waals surface area contributed by atoms with Crippen molar-refractivity contribution in [1.29, 1.82) is 0 Å². The largest absolute Gasteiger partial charge is 0.306 e. The molecular formula is C11H16BrNS. The van der Waals surface area contributed by atoms with Crippen molar-refractivity contribution in [3.05, 3.63) is 20.3 Å². The maximum absolute atomic E-state index is 3.60. The molecule has 0 unspecified atom stereocenters. The van der Waals surface area contributed by atoms with Crippen LogP contribution in [0.2, 0.25) is 0 Å². The summed E-state index contributed by atoms with van der Waals surface area (Å²) in [6.07, 6.45) is 2.64. The first kappa shape index (κ1) is 10.7. The van der Waals surface area contributed by atoms with Crippen LogP contribution in [-0.2, 0) is 0 Å². The van der Waals surface area contributed by atoms with Crippen molar-refractivity contribution < 1.29 is 0 Å². The Kier molecular flexibility index (Phi) is 3.30. The van der Waals surface area contributed by atoms with E-state index in [1.54, 1.807) is 4.88 Å². The van der Waals surface area contributed by atoms with Crippen molar-refractivity contribution in [1.82, 2.24) is 4.90 Å². The van der Waals surface area contributed by atoms with Gasteiger partial charge in [-0.3, -0.25) is 0 Å². The first-order valence-electron chi connectivity index (χ1n) is 5.11. The zero-order chi connectivity index (χ0) is 10.1. The molecule has 2 rings (SSSR count). The van der Waals surface area contributed by atoms with Gasteiger partial charge in [0.15, 0.2) is 0 Å². The predicted octanol–water partition coefficient (Wildman–Crippen LogP) is 3.63. The van der Waals surface area contributed by atoms with Gasteiger partial charge in [0.05, 0.1) is 3.79 Å². The molecule has 1 aromatic rings. The van der Waals surface area contributed by atoms with Gasteiger partial charge in [-0.15, -0.1) is 11.3 Å². The maximum Gasteiger partial charge on any atom is 0.0730 e. The van der Waals surface area contributed by atoms with Gasteiger partial charge >= 0.3 is 0 Å². The SMILES string of the molecule is Cc1cc(C2CCN(C)CC2)sc1Br. The third-order valence-corrected chi connectivity index (χ3v) is 5.30. The molecule has 14 heavy (non-hydrogen) atoms. The van der Waals surface area contributed by atoms with Crippen molar-refractivity contribution in [2.75, 3.05) is 20.1 Å². The van der Waals surface area contributed by atoms with E-state index < -0.39 is 0 Å². The molecule has 1 aliphatic heterocycles. The summed E-state index contributed by atoms with van der Waals surface area (Å²) >= 11 is 5.52. The molecule has 1 nitrogen and oxygen atoms in total. The van der Waals surface area contributed by atoms with Crippen molar-refractivity contribution in [3.63, 3.8) is 0 Å². The van der Waals surface area contributed by atoms with Gasteiger partial charge in [-0.2, -0.15) is 0 Å². The lowest BCUT2D eigenvalue weighted by molar-refractivity contribution is 0.257. The van der Waals surface area contributed by atoms with Crippen LogP contribution in [0.1, 0.15) is 29.2 Å². The summed E-state index contributed by atoms with van der Waals surface area (Å²) in [7, 11) is 2.21. The molecule has 0 amide bonds. The molecular weight excluding hydrogens is 258 g/mol. The summed E-state index contributed by atoms with van der Waals surface area (Å²) in [5.74, 6) is 0.807. The molecule has 0 aliphatic carbocycles. The quantitative estimate of drug-likeness (QED) is 0.756. The monoisotopic (exact) mass is 273 g/mol. The second-order valence-corrected chi connectivity index (χ2v) is 6.58. The molecule has 0 bridgehead atoms. The standard InChI is InChI=1S/C11H16BrNS/c1-8-7-10(14-11(8)12)9-3-5-13(2)6-4-9/h7,9H,3-6H2,1-2H3. The molecule has 3 heteroatoms. The number of thiophene rings is 1. The fourth-order valence-corrected chi connectivity index (χ4v) is 3.72. The number of piperidine rings is 1. The highest BCUT2D eigenvalue weighted by Gasteiger charge is 2.20. The van der Waals surface area contributed by atoms with Gasteiger partial charge in [-0.1, -0.05) is 0 Å². The van der Waals surface area contributed by atoms with E-state index in [1.807, 2.05) is 11.3 Å². The lowest BCUT2D eigenvalue weighted by Gasteiger charge is -2.28. The van der Waals surface area contributed by atoms with Gasteiger partial charge in [0, 0.05) is 4.88 Å². The molecule has 1 aromatic heterocycles. The van der Waals surface area contributed by atoms with Crippen molar-refractivity contribution in [3.8, 4) is 0 Å². The number of hydrogen-bond acceptors (Lipinski definition) is 2. The van der Waals surface area contributed by atoms with Crippen molar-refractivity contribution in [2.45, 2.75) is 25.7 Å². The van der Waals surface area contributed by atoms with Crippen LogP contribution in [0.25, 0.3) is 0 Å². The third-order valence-electron chi connectivity index (χ3n) is 3.00. The normalized spacial score (nSPS) is 20.2. The Morgan fingerprint density at radius 3 is 2.57 bits per heavy atom. The van der Waals surface area contributed by atoms with Crippen LogP contribution >= 0.6 is 27.3 Å². The third kappa shape index (κ3) is 2.20. The van der Waals surface area contributed by atoms with E-state index in [9.17, 15) is 0 Å². The van der Waals surface area contributed by atoms with Crippen LogP contribution in [0.3, 0.4) is 0 Å². The Morgan fingerprint density at radius 2 is 2.07 bits per heavy atom. The van der Waals surface area contributed by atoms with E-state index in [0.717, 1.165) is 5.92 Å². The fourth-order valence-electron chi connectivity index (χ4n) is 1.98. The Labute approximate surface area is 98.2 Å². The molecule has 0 saturated carbocycles. The van der Waals surface area contributed by atoms with Crippen molar-refractivity contribution >= 4 is 27.3 Å². The van der Waals surface area contributed by atoms with E-state index in [-0.39, 0.29) is 0 Å². The van der Waals surface area contributed by atoms with E-state index in [1.165, 1.54) is 35.3 Å². The smallest absolute Gasteiger partial charge is 0.0730 e. The van der Waals surface area contributed by atoms with Crippen LogP contribution in [0, 0.1) is 6.92 Å². The van der Waals surface area contributed by atoms with E-state index in [0.29, 0.717) is 0 Å². The summed E-state index contributed by atoms with van der Waals surface area (Å²) in [4.78, 5) is 3.99. The van der Waals surface area contributed by atoms with Crippen LogP contribution in [0.5, 0.6) is 0 Å². The highest BCUT2D eigenvalue weighted by molar-refractivity contribution is 9.11. The van der Waals surface area contributed by atoms with E-state index in [2.05, 4.69) is 40.9 Å². The number of likely N-dealkylation sites (tertiary alicyclic amines) is 1. The number of halogens is 1. The topological polar surface area (TPSA) is 3.24 Å². The molecule has 1 fully saturated rings. The number of rotatable bonds is 1. The van der Waals surface area contributed by atoms with E-state index in [4.69, 9.17) is 0 Å². The molecule has 0 spiro atoms. The molecule has 0 atom stereocenters. The second kappa shape index (κ2) is 4.33. The average molecular weight is 274 g/mol. The lowest BCUT2D eigenvalue weighted by Crippen LogP contribution is -2.28. The minimum atomic E-state index is 0.807. The first-order valence-corrected chi connectivity index (χ1v) is 6.72. The zero-order valence-electron chi connectivity index (χ0n) is 8.72. The molecule has 78 valence electrons. The molecule has 1 saturated heterocycles. The first-order chi connectivity index (χ1) is 6.66. The Bertz CT molecular complexity index is 294. The summed E-state index contributed by atoms with van der Waals surface area (Å²) in [6.45, 7) is 4.68. The lowest BCUT2D eigenvalue weighted by atomic mass is 9.95. The minimum absolute atomic E-state index is 0.807. The summed E-state index contributed by atoms with van der Waals surface area (Å²) in [5.41, 5.74) is 1.39. The second-order valence-electron chi connectivity index (χ2n) is 4.18. The maximum atomic E-state index is 3.60. The van der Waals surface area contributed by atoms with Crippen LogP contribution in [0.4, 0.5) is 0 Å².